The predicted octanol–water partition coefficient (Wildman–Crippen LogP) is 1.47. The molecule has 0 aromatic heterocycles. The molecule has 1 heterocycles. The first-order chi connectivity index (χ1) is 8.66. The van der Waals surface area contributed by atoms with Crippen molar-refractivity contribution in [2.24, 2.45) is 5.73 Å². The summed E-state index contributed by atoms with van der Waals surface area (Å²) in [4.78, 5) is 2.88. The molecule has 0 saturated carbocycles. The molecule has 1 aliphatic heterocycles. The molecule has 0 amide bonds. The fourth-order valence-electron chi connectivity index (χ4n) is 2.29. The highest BCUT2D eigenvalue weighted by Gasteiger charge is 2.24. The summed E-state index contributed by atoms with van der Waals surface area (Å²) >= 11 is 5.06. The Morgan fingerprint density at radius 3 is 2.50 bits per heavy atom. The monoisotopic (exact) mass is 282 g/mol. The molecule has 0 aliphatic carbocycles. The SMILES string of the molecule is NC(=S)CC(c1ccccc1)N1CCS(=O)CC1. The Bertz CT molecular complexity index is 426. The molecule has 3 nitrogen and oxygen atoms in total. The molecule has 5 heteroatoms. The van der Waals surface area contributed by atoms with Crippen LogP contribution < -0.4 is 5.73 Å². The van der Waals surface area contributed by atoms with Crippen LogP contribution in [0.1, 0.15) is 18.0 Å². The lowest BCUT2D eigenvalue weighted by Gasteiger charge is -2.34. The second-order valence-electron chi connectivity index (χ2n) is 4.48. The zero-order valence-corrected chi connectivity index (χ0v) is 11.9. The second-order valence-corrected chi connectivity index (χ2v) is 6.70. The first-order valence-electron chi connectivity index (χ1n) is 6.09. The van der Waals surface area contributed by atoms with E-state index in [1.54, 1.807) is 0 Å². The van der Waals surface area contributed by atoms with Crippen molar-refractivity contribution in [1.82, 2.24) is 4.90 Å². The van der Waals surface area contributed by atoms with E-state index >= 15 is 0 Å². The van der Waals surface area contributed by atoms with Gasteiger partial charge in [0.05, 0.1) is 4.99 Å². The summed E-state index contributed by atoms with van der Waals surface area (Å²) in [5, 5.41) is 0. The largest absolute Gasteiger partial charge is 0.393 e. The fourth-order valence-corrected chi connectivity index (χ4v) is 3.53. The van der Waals surface area contributed by atoms with E-state index in [1.165, 1.54) is 5.56 Å². The third-order valence-electron chi connectivity index (χ3n) is 3.23. The lowest BCUT2D eigenvalue weighted by atomic mass is 10.0. The molecular formula is C13H18N2OS2. The van der Waals surface area contributed by atoms with Gasteiger partial charge in [0.1, 0.15) is 0 Å². The Labute approximate surface area is 116 Å². The Kier molecular flexibility index (Phi) is 4.86. The van der Waals surface area contributed by atoms with Crippen LogP contribution in [0.2, 0.25) is 0 Å². The van der Waals surface area contributed by atoms with Gasteiger partial charge in [-0.2, -0.15) is 0 Å². The van der Waals surface area contributed by atoms with Crippen LogP contribution in [-0.4, -0.2) is 38.7 Å². The van der Waals surface area contributed by atoms with Gasteiger partial charge in [0.15, 0.2) is 0 Å². The van der Waals surface area contributed by atoms with E-state index in [-0.39, 0.29) is 6.04 Å². The second kappa shape index (κ2) is 6.41. The molecule has 1 atom stereocenters. The maximum absolute atomic E-state index is 11.4. The van der Waals surface area contributed by atoms with Gasteiger partial charge in [-0.25, -0.2) is 0 Å². The number of hydrogen-bond donors (Lipinski definition) is 1. The lowest BCUT2D eigenvalue weighted by molar-refractivity contribution is 0.221. The Morgan fingerprint density at radius 1 is 1.33 bits per heavy atom. The molecule has 2 rings (SSSR count). The zero-order valence-electron chi connectivity index (χ0n) is 10.2. The third-order valence-corrected chi connectivity index (χ3v) is 4.67. The van der Waals surface area contributed by atoms with E-state index in [9.17, 15) is 4.21 Å². The van der Waals surface area contributed by atoms with Gasteiger partial charge in [-0.3, -0.25) is 9.11 Å². The van der Waals surface area contributed by atoms with Gasteiger partial charge < -0.3 is 5.73 Å². The van der Waals surface area contributed by atoms with E-state index < -0.39 is 10.8 Å². The third kappa shape index (κ3) is 3.60. The van der Waals surface area contributed by atoms with E-state index in [0.29, 0.717) is 11.4 Å². The molecule has 1 aromatic rings. The quantitative estimate of drug-likeness (QED) is 0.850. The molecule has 2 N–H and O–H groups in total. The average Bonchev–Trinajstić information content (AvgIpc) is 2.38. The van der Waals surface area contributed by atoms with Crippen molar-refractivity contribution in [2.75, 3.05) is 24.6 Å². The highest BCUT2D eigenvalue weighted by molar-refractivity contribution is 7.85. The highest BCUT2D eigenvalue weighted by Crippen LogP contribution is 2.25. The smallest absolute Gasteiger partial charge is 0.0746 e. The molecule has 1 saturated heterocycles. The van der Waals surface area contributed by atoms with Crippen molar-refractivity contribution < 1.29 is 4.21 Å². The number of nitrogens with two attached hydrogens (primary N) is 1. The molecule has 1 fully saturated rings. The minimum absolute atomic E-state index is 0.223. The van der Waals surface area contributed by atoms with Gasteiger partial charge in [0, 0.05) is 47.9 Å². The summed E-state index contributed by atoms with van der Waals surface area (Å²) in [5.74, 6) is 1.50. The van der Waals surface area contributed by atoms with Crippen LogP contribution in [0.4, 0.5) is 0 Å². The molecule has 1 unspecified atom stereocenters. The van der Waals surface area contributed by atoms with E-state index in [2.05, 4.69) is 17.0 Å². The van der Waals surface area contributed by atoms with E-state index in [4.69, 9.17) is 18.0 Å². The standard InChI is InChI=1S/C13H18N2OS2/c14-13(17)10-12(11-4-2-1-3-5-11)15-6-8-18(16)9-7-15/h1-5,12H,6-10H2,(H2,14,17). The lowest BCUT2D eigenvalue weighted by Crippen LogP contribution is -2.41. The van der Waals surface area contributed by atoms with Gasteiger partial charge in [-0.15, -0.1) is 0 Å². The van der Waals surface area contributed by atoms with Gasteiger partial charge in [0.2, 0.25) is 0 Å². The number of rotatable bonds is 4. The maximum Gasteiger partial charge on any atom is 0.0746 e. The number of nitrogens with zero attached hydrogens (tertiary/aromatic N) is 1. The number of benzene rings is 1. The van der Waals surface area contributed by atoms with Crippen LogP contribution in [0, 0.1) is 0 Å². The Hall–Kier alpha value is -0.780. The van der Waals surface area contributed by atoms with Crippen molar-refractivity contribution in [3.05, 3.63) is 35.9 Å². The van der Waals surface area contributed by atoms with Crippen LogP contribution >= 0.6 is 12.2 Å². The van der Waals surface area contributed by atoms with Crippen LogP contribution in [0.15, 0.2) is 30.3 Å². The van der Waals surface area contributed by atoms with Crippen LogP contribution in [0.3, 0.4) is 0 Å². The van der Waals surface area contributed by atoms with Crippen LogP contribution in [0.5, 0.6) is 0 Å². The Morgan fingerprint density at radius 2 is 1.94 bits per heavy atom. The minimum atomic E-state index is -0.652. The molecule has 0 bridgehead atoms. The van der Waals surface area contributed by atoms with Crippen molar-refractivity contribution in [3.8, 4) is 0 Å². The average molecular weight is 282 g/mol. The summed E-state index contributed by atoms with van der Waals surface area (Å²) in [6.07, 6.45) is 0.686. The molecule has 18 heavy (non-hydrogen) atoms. The van der Waals surface area contributed by atoms with Crippen molar-refractivity contribution in [1.29, 1.82) is 0 Å². The normalized spacial score (nSPS) is 19.6. The van der Waals surface area contributed by atoms with Crippen molar-refractivity contribution >= 4 is 28.0 Å². The Balaban J connectivity index is 2.15. The first-order valence-corrected chi connectivity index (χ1v) is 7.98. The molecule has 1 aliphatic rings. The molecule has 0 radical (unpaired) electrons. The van der Waals surface area contributed by atoms with Crippen LogP contribution in [0.25, 0.3) is 0 Å². The number of hydrogen-bond acceptors (Lipinski definition) is 3. The summed E-state index contributed by atoms with van der Waals surface area (Å²) < 4.78 is 11.4. The highest BCUT2D eigenvalue weighted by atomic mass is 32.2. The van der Waals surface area contributed by atoms with Crippen molar-refractivity contribution in [3.63, 3.8) is 0 Å². The van der Waals surface area contributed by atoms with Gasteiger partial charge in [-0.05, 0) is 5.56 Å². The summed E-state index contributed by atoms with van der Waals surface area (Å²) in [5.41, 5.74) is 6.94. The zero-order chi connectivity index (χ0) is 13.0. The van der Waals surface area contributed by atoms with E-state index in [0.717, 1.165) is 24.6 Å². The van der Waals surface area contributed by atoms with Gasteiger partial charge in [0.25, 0.3) is 0 Å². The topological polar surface area (TPSA) is 46.3 Å². The van der Waals surface area contributed by atoms with Crippen molar-refractivity contribution in [2.45, 2.75) is 12.5 Å². The molecule has 1 aromatic carbocycles. The maximum atomic E-state index is 11.4. The van der Waals surface area contributed by atoms with Crippen LogP contribution in [-0.2, 0) is 10.8 Å². The fraction of sp³-hybridized carbons (Fsp3) is 0.462. The summed E-state index contributed by atoms with van der Waals surface area (Å²) in [7, 11) is -0.652. The predicted molar refractivity (Wildman–Crippen MR) is 80.0 cm³/mol. The van der Waals surface area contributed by atoms with Gasteiger partial charge >= 0.3 is 0 Å². The summed E-state index contributed by atoms with van der Waals surface area (Å²) in [6.45, 7) is 1.71. The number of thiocarbonyl (C=S) groups is 1. The van der Waals surface area contributed by atoms with Gasteiger partial charge in [-0.1, -0.05) is 42.5 Å². The first kappa shape index (κ1) is 13.6. The molecule has 0 spiro atoms. The molecule has 98 valence electrons. The summed E-state index contributed by atoms with van der Waals surface area (Å²) in [6, 6.07) is 10.5. The van der Waals surface area contributed by atoms with E-state index in [1.807, 2.05) is 18.2 Å². The minimum Gasteiger partial charge on any atom is -0.393 e. The molecular weight excluding hydrogens is 264 g/mol.